The SMILES string of the molecule is O=C(NC(CO)C(=O)Nc1nc2ccccc2[nH]1)c1ccncc1. The van der Waals surface area contributed by atoms with E-state index in [1.807, 2.05) is 18.2 Å². The van der Waals surface area contributed by atoms with Crippen LogP contribution in [0, 0.1) is 0 Å². The lowest BCUT2D eigenvalue weighted by atomic mass is 10.2. The lowest BCUT2D eigenvalue weighted by Crippen LogP contribution is -2.46. The van der Waals surface area contributed by atoms with E-state index in [4.69, 9.17) is 0 Å². The van der Waals surface area contributed by atoms with Crippen molar-refractivity contribution in [3.05, 3.63) is 54.4 Å². The predicted molar refractivity (Wildman–Crippen MR) is 87.3 cm³/mol. The Morgan fingerprint density at radius 2 is 1.92 bits per heavy atom. The number of rotatable bonds is 5. The van der Waals surface area contributed by atoms with Gasteiger partial charge < -0.3 is 15.4 Å². The van der Waals surface area contributed by atoms with Crippen molar-refractivity contribution in [1.82, 2.24) is 20.3 Å². The van der Waals surface area contributed by atoms with Crippen molar-refractivity contribution in [3.8, 4) is 0 Å². The molecule has 1 aromatic carbocycles. The van der Waals surface area contributed by atoms with E-state index in [9.17, 15) is 14.7 Å². The van der Waals surface area contributed by atoms with Crippen LogP contribution in [-0.4, -0.2) is 44.5 Å². The minimum absolute atomic E-state index is 0.248. The Kier molecular flexibility index (Phi) is 4.48. The second-order valence-corrected chi connectivity index (χ2v) is 5.04. The summed E-state index contributed by atoms with van der Waals surface area (Å²) in [6.45, 7) is -0.539. The molecule has 1 unspecified atom stereocenters. The average molecular weight is 325 g/mol. The summed E-state index contributed by atoms with van der Waals surface area (Å²) in [5.74, 6) is -0.798. The van der Waals surface area contributed by atoms with Crippen LogP contribution < -0.4 is 10.6 Å². The summed E-state index contributed by atoms with van der Waals surface area (Å²) in [6, 6.07) is 9.24. The third-order valence-corrected chi connectivity index (χ3v) is 3.38. The quantitative estimate of drug-likeness (QED) is 0.550. The molecule has 8 heteroatoms. The van der Waals surface area contributed by atoms with Crippen LogP contribution in [0.2, 0.25) is 0 Å². The van der Waals surface area contributed by atoms with Gasteiger partial charge in [0.15, 0.2) is 0 Å². The molecular formula is C16H15N5O3. The van der Waals surface area contributed by atoms with Crippen molar-refractivity contribution in [1.29, 1.82) is 0 Å². The molecule has 3 rings (SSSR count). The number of nitrogens with one attached hydrogen (secondary N) is 3. The second-order valence-electron chi connectivity index (χ2n) is 5.04. The van der Waals surface area contributed by atoms with Crippen molar-refractivity contribution >= 4 is 28.8 Å². The monoisotopic (exact) mass is 325 g/mol. The predicted octanol–water partition coefficient (Wildman–Crippen LogP) is 0.687. The molecule has 0 aliphatic heterocycles. The summed E-state index contributed by atoms with van der Waals surface area (Å²) < 4.78 is 0. The first-order valence-corrected chi connectivity index (χ1v) is 7.25. The maximum atomic E-state index is 12.2. The number of amides is 2. The van der Waals surface area contributed by atoms with Gasteiger partial charge in [0.2, 0.25) is 5.95 Å². The van der Waals surface area contributed by atoms with Gasteiger partial charge >= 0.3 is 0 Å². The number of hydrogen-bond acceptors (Lipinski definition) is 5. The number of aromatic amines is 1. The zero-order valence-corrected chi connectivity index (χ0v) is 12.6. The topological polar surface area (TPSA) is 120 Å². The number of fused-ring (bicyclic) bond motifs is 1. The standard InChI is InChI=1S/C16H15N5O3/c22-9-13(18-14(23)10-5-7-17-8-6-10)15(24)21-16-19-11-3-1-2-4-12(11)20-16/h1-8,13,22H,9H2,(H,18,23)(H2,19,20,21,24). The maximum absolute atomic E-state index is 12.2. The fourth-order valence-corrected chi connectivity index (χ4v) is 2.15. The third kappa shape index (κ3) is 3.39. The highest BCUT2D eigenvalue weighted by atomic mass is 16.3. The number of anilines is 1. The van der Waals surface area contributed by atoms with Gasteiger partial charge in [-0.2, -0.15) is 0 Å². The Bertz CT molecular complexity index is 829. The van der Waals surface area contributed by atoms with Crippen LogP contribution in [0.3, 0.4) is 0 Å². The van der Waals surface area contributed by atoms with Crippen molar-refractivity contribution in [2.24, 2.45) is 0 Å². The number of aliphatic hydroxyl groups is 1. The van der Waals surface area contributed by atoms with E-state index in [0.717, 1.165) is 5.52 Å². The summed E-state index contributed by atoms with van der Waals surface area (Å²) in [5.41, 5.74) is 1.82. The number of carbonyl (C=O) groups is 2. The van der Waals surface area contributed by atoms with Gasteiger partial charge in [0, 0.05) is 18.0 Å². The molecule has 3 aromatic rings. The van der Waals surface area contributed by atoms with Crippen LogP contribution in [-0.2, 0) is 4.79 Å². The van der Waals surface area contributed by atoms with E-state index >= 15 is 0 Å². The molecule has 0 saturated carbocycles. The fourth-order valence-electron chi connectivity index (χ4n) is 2.15. The Labute approximate surface area is 136 Å². The zero-order chi connectivity index (χ0) is 16.9. The minimum atomic E-state index is -1.10. The van der Waals surface area contributed by atoms with Gasteiger partial charge in [-0.05, 0) is 24.3 Å². The highest BCUT2D eigenvalue weighted by molar-refractivity contribution is 6.01. The summed E-state index contributed by atoms with van der Waals surface area (Å²) in [4.78, 5) is 35.3. The first-order chi connectivity index (χ1) is 11.7. The number of para-hydroxylation sites is 2. The van der Waals surface area contributed by atoms with Crippen molar-refractivity contribution < 1.29 is 14.7 Å². The van der Waals surface area contributed by atoms with Crippen molar-refractivity contribution in [3.63, 3.8) is 0 Å². The first-order valence-electron chi connectivity index (χ1n) is 7.25. The number of H-pyrrole nitrogens is 1. The highest BCUT2D eigenvalue weighted by Crippen LogP contribution is 2.13. The van der Waals surface area contributed by atoms with Gasteiger partial charge in [0.25, 0.3) is 11.8 Å². The van der Waals surface area contributed by atoms with E-state index in [1.54, 1.807) is 6.07 Å². The van der Waals surface area contributed by atoms with Crippen LogP contribution in [0.4, 0.5) is 5.95 Å². The molecule has 0 fully saturated rings. The van der Waals surface area contributed by atoms with E-state index in [1.165, 1.54) is 24.5 Å². The molecule has 2 aromatic heterocycles. The van der Waals surface area contributed by atoms with E-state index < -0.39 is 24.5 Å². The summed E-state index contributed by atoms with van der Waals surface area (Å²) in [5, 5.41) is 14.4. The maximum Gasteiger partial charge on any atom is 0.252 e. The molecule has 0 radical (unpaired) electrons. The van der Waals surface area contributed by atoms with E-state index in [0.29, 0.717) is 11.1 Å². The van der Waals surface area contributed by atoms with Crippen LogP contribution in [0.25, 0.3) is 11.0 Å². The summed E-state index contributed by atoms with van der Waals surface area (Å²) in [7, 11) is 0. The number of hydrogen-bond donors (Lipinski definition) is 4. The molecule has 0 saturated heterocycles. The molecule has 0 spiro atoms. The van der Waals surface area contributed by atoms with Gasteiger partial charge in [0.1, 0.15) is 6.04 Å². The number of nitrogens with zero attached hydrogens (tertiary/aromatic N) is 2. The van der Waals surface area contributed by atoms with Gasteiger partial charge in [-0.15, -0.1) is 0 Å². The number of imidazole rings is 1. The largest absolute Gasteiger partial charge is 0.394 e. The Morgan fingerprint density at radius 1 is 1.17 bits per heavy atom. The molecule has 2 heterocycles. The minimum Gasteiger partial charge on any atom is -0.394 e. The van der Waals surface area contributed by atoms with Crippen LogP contribution in [0.15, 0.2) is 48.8 Å². The summed E-state index contributed by atoms with van der Waals surface area (Å²) >= 11 is 0. The van der Waals surface area contributed by atoms with Crippen LogP contribution >= 0.6 is 0 Å². The molecule has 8 nitrogen and oxygen atoms in total. The number of pyridine rings is 1. The lowest BCUT2D eigenvalue weighted by molar-refractivity contribution is -0.118. The Balaban J connectivity index is 1.68. The lowest BCUT2D eigenvalue weighted by Gasteiger charge is -2.15. The molecule has 0 aliphatic carbocycles. The number of carbonyl (C=O) groups excluding carboxylic acids is 2. The molecule has 4 N–H and O–H groups in total. The third-order valence-electron chi connectivity index (χ3n) is 3.38. The first kappa shape index (κ1) is 15.6. The van der Waals surface area contributed by atoms with Gasteiger partial charge in [-0.1, -0.05) is 12.1 Å². The zero-order valence-electron chi connectivity index (χ0n) is 12.6. The van der Waals surface area contributed by atoms with E-state index in [2.05, 4.69) is 25.6 Å². The Morgan fingerprint density at radius 3 is 2.62 bits per heavy atom. The Hall–Kier alpha value is -3.26. The van der Waals surface area contributed by atoms with Crippen molar-refractivity contribution in [2.75, 3.05) is 11.9 Å². The highest BCUT2D eigenvalue weighted by Gasteiger charge is 2.21. The molecule has 0 bridgehead atoms. The van der Waals surface area contributed by atoms with Gasteiger partial charge in [-0.3, -0.25) is 19.9 Å². The molecule has 2 amide bonds. The smallest absolute Gasteiger partial charge is 0.252 e. The molecule has 122 valence electrons. The van der Waals surface area contributed by atoms with Crippen LogP contribution in [0.5, 0.6) is 0 Å². The van der Waals surface area contributed by atoms with Crippen molar-refractivity contribution in [2.45, 2.75) is 6.04 Å². The van der Waals surface area contributed by atoms with E-state index in [-0.39, 0.29) is 5.95 Å². The number of benzene rings is 1. The van der Waals surface area contributed by atoms with Gasteiger partial charge in [-0.25, -0.2) is 4.98 Å². The number of aliphatic hydroxyl groups excluding tert-OH is 1. The molecule has 1 atom stereocenters. The summed E-state index contributed by atoms with van der Waals surface area (Å²) in [6.07, 6.45) is 2.94. The molecular weight excluding hydrogens is 310 g/mol. The van der Waals surface area contributed by atoms with Gasteiger partial charge in [0.05, 0.1) is 17.6 Å². The molecule has 24 heavy (non-hydrogen) atoms. The molecule has 0 aliphatic rings. The van der Waals surface area contributed by atoms with Crippen LogP contribution in [0.1, 0.15) is 10.4 Å². The normalized spacial score (nSPS) is 11.9. The fraction of sp³-hybridized carbons (Fsp3) is 0.125. The number of aromatic nitrogens is 3. The average Bonchev–Trinajstić information content (AvgIpc) is 3.02. The second kappa shape index (κ2) is 6.88.